The van der Waals surface area contributed by atoms with Gasteiger partial charge in [0.1, 0.15) is 5.82 Å². The molecule has 2 aromatic carbocycles. The van der Waals surface area contributed by atoms with Crippen LogP contribution in [0.1, 0.15) is 24.0 Å². The maximum absolute atomic E-state index is 13.0. The fourth-order valence-electron chi connectivity index (χ4n) is 3.14. The summed E-state index contributed by atoms with van der Waals surface area (Å²) in [6.45, 7) is 3.11. The minimum atomic E-state index is -0.209. The lowest BCUT2D eigenvalue weighted by Gasteiger charge is -2.31. The van der Waals surface area contributed by atoms with E-state index in [0.29, 0.717) is 11.6 Å². The summed E-state index contributed by atoms with van der Waals surface area (Å²) in [7, 11) is 0. The van der Waals surface area contributed by atoms with Crippen molar-refractivity contribution in [3.05, 3.63) is 70.5 Å². The Bertz CT molecular complexity index is 695. The monoisotopic (exact) mass is 360 g/mol. The first kappa shape index (κ1) is 17.9. The van der Waals surface area contributed by atoms with E-state index in [4.69, 9.17) is 11.6 Å². The molecule has 5 heteroatoms. The van der Waals surface area contributed by atoms with Gasteiger partial charge in [-0.3, -0.25) is 9.69 Å². The molecule has 1 heterocycles. The predicted octanol–water partition coefficient (Wildman–Crippen LogP) is 4.01. The normalized spacial score (nSPS) is 15.9. The van der Waals surface area contributed by atoms with Gasteiger partial charge in [-0.1, -0.05) is 35.9 Å². The van der Waals surface area contributed by atoms with E-state index in [1.165, 1.54) is 12.1 Å². The second kappa shape index (κ2) is 8.45. The van der Waals surface area contributed by atoms with E-state index in [-0.39, 0.29) is 17.6 Å². The van der Waals surface area contributed by atoms with Crippen molar-refractivity contribution in [2.24, 2.45) is 5.92 Å². The lowest BCUT2D eigenvalue weighted by Crippen LogP contribution is -2.40. The maximum Gasteiger partial charge on any atom is 0.223 e. The smallest absolute Gasteiger partial charge is 0.223 e. The molecule has 1 aliphatic rings. The van der Waals surface area contributed by atoms with Gasteiger partial charge in [0.2, 0.25) is 5.91 Å². The van der Waals surface area contributed by atoms with Gasteiger partial charge in [0.15, 0.2) is 0 Å². The number of hydrogen-bond donors (Lipinski definition) is 1. The number of amides is 1. The summed E-state index contributed by atoms with van der Waals surface area (Å²) in [5, 5.41) is 3.71. The Hall–Kier alpha value is -1.91. The highest BCUT2D eigenvalue weighted by molar-refractivity contribution is 6.30. The van der Waals surface area contributed by atoms with E-state index in [1.807, 2.05) is 36.4 Å². The van der Waals surface area contributed by atoms with Crippen LogP contribution in [0, 0.1) is 11.7 Å². The number of nitrogens with zero attached hydrogens (tertiary/aromatic N) is 1. The number of carbonyl (C=O) groups excluding carboxylic acids is 1. The topological polar surface area (TPSA) is 32.3 Å². The van der Waals surface area contributed by atoms with Crippen LogP contribution >= 0.6 is 11.6 Å². The minimum absolute atomic E-state index is 0.0665. The number of rotatable bonds is 5. The molecule has 3 nitrogen and oxygen atoms in total. The van der Waals surface area contributed by atoms with Gasteiger partial charge < -0.3 is 5.32 Å². The van der Waals surface area contributed by atoms with Crippen LogP contribution in [-0.2, 0) is 17.9 Å². The number of likely N-dealkylation sites (tertiary alicyclic amines) is 1. The van der Waals surface area contributed by atoms with Crippen LogP contribution in [-0.4, -0.2) is 23.9 Å². The Kier molecular flexibility index (Phi) is 6.05. The molecular formula is C20H22ClFN2O. The van der Waals surface area contributed by atoms with Gasteiger partial charge in [0.25, 0.3) is 0 Å². The Morgan fingerprint density at radius 1 is 1.04 bits per heavy atom. The van der Waals surface area contributed by atoms with E-state index >= 15 is 0 Å². The summed E-state index contributed by atoms with van der Waals surface area (Å²) in [5.74, 6) is -0.0204. The molecule has 3 rings (SSSR count). The first-order valence-electron chi connectivity index (χ1n) is 8.59. The van der Waals surface area contributed by atoms with Crippen molar-refractivity contribution in [2.45, 2.75) is 25.9 Å². The van der Waals surface area contributed by atoms with Gasteiger partial charge in [0, 0.05) is 24.0 Å². The largest absolute Gasteiger partial charge is 0.352 e. The fourth-order valence-corrected chi connectivity index (χ4v) is 3.26. The molecule has 0 saturated carbocycles. The second-order valence-corrected chi connectivity index (χ2v) is 6.96. The third-order valence-electron chi connectivity index (χ3n) is 4.66. The standard InChI is InChI=1S/C20H22ClFN2O/c21-18-5-1-15(2-6-18)13-23-20(25)17-9-11-24(12-10-17)14-16-3-7-19(22)8-4-16/h1-8,17H,9-14H2,(H,23,25). The molecule has 132 valence electrons. The zero-order valence-corrected chi connectivity index (χ0v) is 14.8. The summed E-state index contributed by atoms with van der Waals surface area (Å²) in [6, 6.07) is 14.1. The van der Waals surface area contributed by atoms with Crippen molar-refractivity contribution in [1.29, 1.82) is 0 Å². The zero-order chi connectivity index (χ0) is 17.6. The van der Waals surface area contributed by atoms with Gasteiger partial charge in [-0.25, -0.2) is 4.39 Å². The summed E-state index contributed by atoms with van der Waals surface area (Å²) < 4.78 is 13.0. The van der Waals surface area contributed by atoms with E-state index < -0.39 is 0 Å². The Morgan fingerprint density at radius 2 is 1.64 bits per heavy atom. The van der Waals surface area contributed by atoms with E-state index in [1.54, 1.807) is 0 Å². The molecule has 0 unspecified atom stereocenters. The van der Waals surface area contributed by atoms with E-state index in [0.717, 1.165) is 43.6 Å². The average molecular weight is 361 g/mol. The molecule has 0 aliphatic carbocycles. The molecule has 1 saturated heterocycles. The summed E-state index contributed by atoms with van der Waals surface area (Å²) >= 11 is 5.86. The summed E-state index contributed by atoms with van der Waals surface area (Å²) in [6.07, 6.45) is 1.71. The zero-order valence-electron chi connectivity index (χ0n) is 14.1. The first-order chi connectivity index (χ1) is 12.1. The molecule has 0 bridgehead atoms. The molecule has 1 fully saturated rings. The molecule has 0 atom stereocenters. The van der Waals surface area contributed by atoms with Gasteiger partial charge in [-0.15, -0.1) is 0 Å². The van der Waals surface area contributed by atoms with Crippen molar-refractivity contribution in [3.63, 3.8) is 0 Å². The van der Waals surface area contributed by atoms with Crippen LogP contribution in [0.2, 0.25) is 5.02 Å². The number of nitrogens with one attached hydrogen (secondary N) is 1. The molecule has 0 aromatic heterocycles. The maximum atomic E-state index is 13.0. The number of hydrogen-bond acceptors (Lipinski definition) is 2. The molecule has 1 N–H and O–H groups in total. The van der Waals surface area contributed by atoms with Crippen LogP contribution in [0.5, 0.6) is 0 Å². The molecule has 1 amide bonds. The predicted molar refractivity (Wildman–Crippen MR) is 97.7 cm³/mol. The number of halogens is 2. The summed E-state index contributed by atoms with van der Waals surface area (Å²) in [4.78, 5) is 14.7. The highest BCUT2D eigenvalue weighted by Gasteiger charge is 2.24. The molecule has 0 radical (unpaired) electrons. The Balaban J connectivity index is 1.42. The number of benzene rings is 2. The minimum Gasteiger partial charge on any atom is -0.352 e. The fraction of sp³-hybridized carbons (Fsp3) is 0.350. The molecular weight excluding hydrogens is 339 g/mol. The lowest BCUT2D eigenvalue weighted by atomic mass is 9.95. The first-order valence-corrected chi connectivity index (χ1v) is 8.97. The van der Waals surface area contributed by atoms with Crippen LogP contribution in [0.25, 0.3) is 0 Å². The number of carbonyl (C=O) groups is 1. The van der Waals surface area contributed by atoms with Crippen molar-refractivity contribution in [3.8, 4) is 0 Å². The Morgan fingerprint density at radius 3 is 2.28 bits per heavy atom. The molecule has 1 aliphatic heterocycles. The van der Waals surface area contributed by atoms with Crippen molar-refractivity contribution < 1.29 is 9.18 Å². The van der Waals surface area contributed by atoms with Crippen molar-refractivity contribution in [1.82, 2.24) is 10.2 Å². The van der Waals surface area contributed by atoms with Gasteiger partial charge in [-0.05, 0) is 61.3 Å². The second-order valence-electron chi connectivity index (χ2n) is 6.52. The number of piperidine rings is 1. The van der Waals surface area contributed by atoms with Gasteiger partial charge in [-0.2, -0.15) is 0 Å². The highest BCUT2D eigenvalue weighted by Crippen LogP contribution is 2.19. The van der Waals surface area contributed by atoms with E-state index in [9.17, 15) is 9.18 Å². The van der Waals surface area contributed by atoms with Crippen LogP contribution in [0.15, 0.2) is 48.5 Å². The lowest BCUT2D eigenvalue weighted by molar-refractivity contribution is -0.126. The van der Waals surface area contributed by atoms with Crippen LogP contribution < -0.4 is 5.32 Å². The molecule has 2 aromatic rings. The molecule has 0 spiro atoms. The molecule has 25 heavy (non-hydrogen) atoms. The quantitative estimate of drug-likeness (QED) is 0.873. The Labute approximate surface area is 152 Å². The van der Waals surface area contributed by atoms with Crippen molar-refractivity contribution in [2.75, 3.05) is 13.1 Å². The van der Waals surface area contributed by atoms with E-state index in [2.05, 4.69) is 10.2 Å². The van der Waals surface area contributed by atoms with Gasteiger partial charge >= 0.3 is 0 Å². The third kappa shape index (κ3) is 5.28. The SMILES string of the molecule is O=C(NCc1ccc(Cl)cc1)C1CCN(Cc2ccc(F)cc2)CC1. The third-order valence-corrected chi connectivity index (χ3v) is 4.91. The average Bonchev–Trinajstić information content (AvgIpc) is 2.63. The van der Waals surface area contributed by atoms with Crippen LogP contribution in [0.3, 0.4) is 0 Å². The highest BCUT2D eigenvalue weighted by atomic mass is 35.5. The van der Waals surface area contributed by atoms with Crippen molar-refractivity contribution >= 4 is 17.5 Å². The summed E-state index contributed by atoms with van der Waals surface area (Å²) in [5.41, 5.74) is 2.15. The van der Waals surface area contributed by atoms with Crippen LogP contribution in [0.4, 0.5) is 4.39 Å². The van der Waals surface area contributed by atoms with Gasteiger partial charge in [0.05, 0.1) is 0 Å².